The number of anilines is 1. The molecular weight excluding hydrogens is 568 g/mol. The summed E-state index contributed by atoms with van der Waals surface area (Å²) in [5.74, 6) is -1.88. The summed E-state index contributed by atoms with van der Waals surface area (Å²) in [5, 5.41) is 11.2. The number of nitrogens with zero attached hydrogens (tertiary/aromatic N) is 2. The molecule has 5 rings (SSSR count). The Morgan fingerprint density at radius 3 is 2.37 bits per heavy atom. The Labute approximate surface area is 252 Å². The fourth-order valence-corrected chi connectivity index (χ4v) is 5.68. The molecular formula is C33H28N2O7S. The molecule has 1 N–H and O–H groups in total. The molecule has 2 heterocycles. The molecule has 43 heavy (non-hydrogen) atoms. The Morgan fingerprint density at radius 1 is 1.00 bits per heavy atom. The number of hydrogen-bond donors (Lipinski definition) is 1. The van der Waals surface area contributed by atoms with E-state index in [0.717, 1.165) is 22.5 Å². The molecule has 1 amide bonds. The number of allylic oxidation sites excluding steroid dienone is 1. The first-order chi connectivity index (χ1) is 20.8. The molecule has 1 unspecified atom stereocenters. The van der Waals surface area contributed by atoms with Crippen LogP contribution in [0, 0.1) is 6.92 Å². The van der Waals surface area contributed by atoms with Gasteiger partial charge in [0.25, 0.3) is 5.91 Å². The van der Waals surface area contributed by atoms with Gasteiger partial charge in [-0.2, -0.15) is 0 Å². The molecule has 1 aromatic heterocycles. The van der Waals surface area contributed by atoms with Gasteiger partial charge in [-0.05, 0) is 41.8 Å². The molecule has 0 saturated heterocycles. The van der Waals surface area contributed by atoms with Gasteiger partial charge in [0.1, 0.15) is 11.5 Å². The molecule has 4 aromatic rings. The highest BCUT2D eigenvalue weighted by molar-refractivity contribution is 7.17. The number of aromatic nitrogens is 1. The normalized spacial score (nSPS) is 14.8. The monoisotopic (exact) mass is 596 g/mol. The van der Waals surface area contributed by atoms with Gasteiger partial charge in [-0.1, -0.05) is 84.1 Å². The highest BCUT2D eigenvalue weighted by atomic mass is 32.1. The minimum atomic E-state index is -1.08. The van der Waals surface area contributed by atoms with Crippen molar-refractivity contribution in [1.29, 1.82) is 0 Å². The molecule has 1 aliphatic rings. The molecule has 10 heteroatoms. The first-order valence-corrected chi connectivity index (χ1v) is 14.1. The predicted molar refractivity (Wildman–Crippen MR) is 162 cm³/mol. The third kappa shape index (κ3) is 6.05. The van der Waals surface area contributed by atoms with Gasteiger partial charge < -0.3 is 19.3 Å². The summed E-state index contributed by atoms with van der Waals surface area (Å²) >= 11 is 0.933. The number of carbonyl (C=O) groups is 3. The number of rotatable bonds is 10. The second-order valence-corrected chi connectivity index (χ2v) is 10.5. The van der Waals surface area contributed by atoms with Crippen LogP contribution in [0.25, 0.3) is 6.08 Å². The van der Waals surface area contributed by atoms with Crippen molar-refractivity contribution >= 4 is 40.2 Å². The number of benzene rings is 3. The van der Waals surface area contributed by atoms with Crippen molar-refractivity contribution in [3.05, 3.63) is 124 Å². The minimum absolute atomic E-state index is 0.123. The molecule has 0 bridgehead atoms. The van der Waals surface area contributed by atoms with Crippen LogP contribution in [-0.4, -0.2) is 42.0 Å². The van der Waals surface area contributed by atoms with Crippen LogP contribution in [0.2, 0.25) is 0 Å². The lowest BCUT2D eigenvalue weighted by Gasteiger charge is -2.25. The van der Waals surface area contributed by atoms with E-state index < -0.39 is 29.5 Å². The Hall–Kier alpha value is -5.22. The second kappa shape index (κ2) is 12.7. The van der Waals surface area contributed by atoms with Crippen molar-refractivity contribution in [1.82, 2.24) is 4.98 Å². The first kappa shape index (κ1) is 29.3. The third-order valence-corrected chi connectivity index (χ3v) is 7.94. The Morgan fingerprint density at radius 2 is 1.70 bits per heavy atom. The van der Waals surface area contributed by atoms with Gasteiger partial charge in [0.2, 0.25) is 0 Å². The highest BCUT2D eigenvalue weighted by Crippen LogP contribution is 2.45. The van der Waals surface area contributed by atoms with Gasteiger partial charge in [0, 0.05) is 0 Å². The Balaban J connectivity index is 1.56. The number of carbonyl (C=O) groups excluding carboxylic acids is 3. The molecule has 0 fully saturated rings. The van der Waals surface area contributed by atoms with E-state index in [-0.39, 0.29) is 15.6 Å². The zero-order valence-electron chi connectivity index (χ0n) is 23.6. The van der Waals surface area contributed by atoms with Gasteiger partial charge in [-0.3, -0.25) is 14.5 Å². The van der Waals surface area contributed by atoms with Crippen LogP contribution in [0.5, 0.6) is 11.5 Å². The van der Waals surface area contributed by atoms with Gasteiger partial charge in [0.05, 0.1) is 31.5 Å². The van der Waals surface area contributed by atoms with Crippen molar-refractivity contribution in [2.45, 2.75) is 19.6 Å². The van der Waals surface area contributed by atoms with Crippen molar-refractivity contribution in [2.24, 2.45) is 0 Å². The maximum atomic E-state index is 13.6. The lowest BCUT2D eigenvalue weighted by atomic mass is 9.95. The van der Waals surface area contributed by atoms with E-state index in [0.29, 0.717) is 29.4 Å². The highest BCUT2D eigenvalue weighted by Gasteiger charge is 2.45. The Kier molecular flexibility index (Phi) is 8.68. The lowest BCUT2D eigenvalue weighted by Crippen LogP contribution is -2.30. The van der Waals surface area contributed by atoms with E-state index in [1.54, 1.807) is 31.2 Å². The minimum Gasteiger partial charge on any atom is -0.503 e. The van der Waals surface area contributed by atoms with Crippen molar-refractivity contribution < 1.29 is 33.7 Å². The standard InChI is InChI=1S/C33H28N2O7S/c1-20-30(32(39)41-3)43-33(34-20)35-28(27(29(37)31(35)38)24(36)16-14-21-10-6-4-7-11-21)23-15-17-25(26(18-23)40-2)42-19-22-12-8-5-9-13-22/h4-18,28,37H,19H2,1-3H3/b16-14+. The fourth-order valence-electron chi connectivity index (χ4n) is 4.67. The maximum Gasteiger partial charge on any atom is 0.350 e. The number of amides is 1. The summed E-state index contributed by atoms with van der Waals surface area (Å²) in [4.78, 5) is 45.3. The number of ether oxygens (including phenoxy) is 3. The van der Waals surface area contributed by atoms with Crippen LogP contribution >= 0.6 is 11.3 Å². The maximum absolute atomic E-state index is 13.6. The number of aliphatic hydroxyl groups is 1. The zero-order valence-corrected chi connectivity index (χ0v) is 24.5. The second-order valence-electron chi connectivity index (χ2n) is 9.54. The molecule has 0 spiro atoms. The largest absolute Gasteiger partial charge is 0.503 e. The zero-order chi connectivity index (χ0) is 30.5. The van der Waals surface area contributed by atoms with E-state index in [2.05, 4.69) is 4.98 Å². The summed E-state index contributed by atoms with van der Waals surface area (Å²) in [7, 11) is 2.74. The van der Waals surface area contributed by atoms with Crippen LogP contribution in [-0.2, 0) is 20.9 Å². The molecule has 1 aliphatic heterocycles. The molecule has 0 radical (unpaired) electrons. The topological polar surface area (TPSA) is 115 Å². The van der Waals surface area contributed by atoms with E-state index in [1.807, 2.05) is 60.7 Å². The number of methoxy groups -OCH3 is 2. The molecule has 9 nitrogen and oxygen atoms in total. The predicted octanol–water partition coefficient (Wildman–Crippen LogP) is 6.01. The number of esters is 1. The van der Waals surface area contributed by atoms with Crippen LogP contribution in [0.15, 0.2) is 96.3 Å². The van der Waals surface area contributed by atoms with E-state index >= 15 is 0 Å². The average Bonchev–Trinajstić information content (AvgIpc) is 3.55. The van der Waals surface area contributed by atoms with Crippen LogP contribution in [0.4, 0.5) is 5.13 Å². The van der Waals surface area contributed by atoms with Crippen molar-refractivity contribution in [2.75, 3.05) is 19.1 Å². The van der Waals surface area contributed by atoms with Gasteiger partial charge in [0.15, 0.2) is 28.2 Å². The van der Waals surface area contributed by atoms with Gasteiger partial charge >= 0.3 is 5.97 Å². The van der Waals surface area contributed by atoms with Crippen molar-refractivity contribution in [3.63, 3.8) is 0 Å². The molecule has 0 saturated carbocycles. The van der Waals surface area contributed by atoms with Crippen molar-refractivity contribution in [3.8, 4) is 11.5 Å². The first-order valence-electron chi connectivity index (χ1n) is 13.3. The SMILES string of the molecule is COC(=O)c1sc(N2C(=O)C(O)=C(C(=O)/C=C/c3ccccc3)C2c2ccc(OCc3ccccc3)c(OC)c2)nc1C. The fraction of sp³-hybridized carbons (Fsp3) is 0.152. The summed E-state index contributed by atoms with van der Waals surface area (Å²) in [6.45, 7) is 1.92. The number of ketones is 1. The summed E-state index contributed by atoms with van der Waals surface area (Å²) < 4.78 is 16.5. The molecule has 3 aromatic carbocycles. The summed E-state index contributed by atoms with van der Waals surface area (Å²) in [6.07, 6.45) is 2.92. The number of aryl methyl sites for hydroxylation is 1. The lowest BCUT2D eigenvalue weighted by molar-refractivity contribution is -0.117. The van der Waals surface area contributed by atoms with Crippen LogP contribution in [0.1, 0.15) is 38.1 Å². The average molecular weight is 597 g/mol. The molecule has 1 atom stereocenters. The van der Waals surface area contributed by atoms with Crippen LogP contribution in [0.3, 0.4) is 0 Å². The molecule has 218 valence electrons. The quantitative estimate of drug-likeness (QED) is 0.175. The van der Waals surface area contributed by atoms with E-state index in [9.17, 15) is 19.5 Å². The summed E-state index contributed by atoms with van der Waals surface area (Å²) in [6, 6.07) is 22.8. The van der Waals surface area contributed by atoms with Gasteiger partial charge in [-0.25, -0.2) is 9.78 Å². The number of hydrogen-bond acceptors (Lipinski definition) is 9. The number of thiazole rings is 1. The summed E-state index contributed by atoms with van der Waals surface area (Å²) in [5.41, 5.74) is 2.42. The Bertz CT molecular complexity index is 1730. The smallest absolute Gasteiger partial charge is 0.350 e. The van der Waals surface area contributed by atoms with E-state index in [4.69, 9.17) is 14.2 Å². The van der Waals surface area contributed by atoms with Crippen LogP contribution < -0.4 is 14.4 Å². The van der Waals surface area contributed by atoms with Gasteiger partial charge in [-0.15, -0.1) is 0 Å². The number of aliphatic hydroxyl groups excluding tert-OH is 1. The molecule has 0 aliphatic carbocycles. The van der Waals surface area contributed by atoms with E-state index in [1.165, 1.54) is 25.2 Å². The third-order valence-electron chi connectivity index (χ3n) is 6.80.